The zero-order valence-corrected chi connectivity index (χ0v) is 17.0. The summed E-state index contributed by atoms with van der Waals surface area (Å²) in [5, 5.41) is 0. The van der Waals surface area contributed by atoms with E-state index in [0.29, 0.717) is 12.0 Å². The number of rotatable bonds is 9. The fourth-order valence-electron chi connectivity index (χ4n) is 4.12. The number of hydrogen-bond acceptors (Lipinski definition) is 1. The molecule has 152 valence electrons. The molecule has 0 N–H and O–H groups in total. The average molecular weight is 394 g/mol. The summed E-state index contributed by atoms with van der Waals surface area (Å²) in [5.41, 5.74) is 3.60. The lowest BCUT2D eigenvalue weighted by atomic mass is 9.79. The summed E-state index contributed by atoms with van der Waals surface area (Å²) in [5.74, 6) is 0.178. The van der Waals surface area contributed by atoms with E-state index in [0.717, 1.165) is 37.9 Å². The third kappa shape index (κ3) is 5.66. The van der Waals surface area contributed by atoms with Crippen LogP contribution in [0.25, 0.3) is 0 Å². The Morgan fingerprint density at radius 1 is 1.07 bits per heavy atom. The molecule has 0 spiro atoms. The Morgan fingerprint density at radius 3 is 2.38 bits per heavy atom. The molecule has 0 aliphatic carbocycles. The van der Waals surface area contributed by atoms with E-state index < -0.39 is 0 Å². The van der Waals surface area contributed by atoms with E-state index in [1.54, 1.807) is 6.08 Å². The lowest BCUT2D eigenvalue weighted by molar-refractivity contribution is 0.301. The van der Waals surface area contributed by atoms with E-state index in [4.69, 9.17) is 0 Å². The molecule has 3 rings (SSSR count). The Bertz CT molecular complexity index is 849. The van der Waals surface area contributed by atoms with Crippen LogP contribution in [0, 0.1) is 17.6 Å². The molecule has 3 heteroatoms. The molecule has 1 saturated heterocycles. The second-order valence-corrected chi connectivity index (χ2v) is 7.70. The highest BCUT2D eigenvalue weighted by atomic mass is 19.1. The summed E-state index contributed by atoms with van der Waals surface area (Å²) in [6, 6.07) is 13.9. The van der Waals surface area contributed by atoms with Gasteiger partial charge in [-0.2, -0.15) is 0 Å². The minimum atomic E-state index is -0.205. The minimum absolute atomic E-state index is 0.186. The molecular formula is C26H29F2N. The lowest BCUT2D eigenvalue weighted by Crippen LogP contribution is -2.57. The molecule has 1 aliphatic rings. The first-order chi connectivity index (χ1) is 14.1. The molecule has 1 fully saturated rings. The van der Waals surface area contributed by atoms with Gasteiger partial charge in [0.1, 0.15) is 11.6 Å². The van der Waals surface area contributed by atoms with Crippen molar-refractivity contribution in [1.29, 1.82) is 0 Å². The summed E-state index contributed by atoms with van der Waals surface area (Å²) in [6.07, 6.45) is 12.2. The van der Waals surface area contributed by atoms with Crippen LogP contribution in [0.15, 0.2) is 85.0 Å². The van der Waals surface area contributed by atoms with Gasteiger partial charge in [-0.1, -0.05) is 48.6 Å². The van der Waals surface area contributed by atoms with Gasteiger partial charge in [0.15, 0.2) is 0 Å². The van der Waals surface area contributed by atoms with Gasteiger partial charge >= 0.3 is 0 Å². The number of hydrogen-bond donors (Lipinski definition) is 0. The van der Waals surface area contributed by atoms with E-state index in [2.05, 4.69) is 30.6 Å². The van der Waals surface area contributed by atoms with Crippen LogP contribution in [-0.4, -0.2) is 12.6 Å². The summed E-state index contributed by atoms with van der Waals surface area (Å²) in [4.78, 5) is 2.37. The second-order valence-electron chi connectivity index (χ2n) is 7.70. The first-order valence-corrected chi connectivity index (χ1v) is 10.3. The van der Waals surface area contributed by atoms with E-state index in [9.17, 15) is 8.78 Å². The summed E-state index contributed by atoms with van der Waals surface area (Å²) >= 11 is 0. The highest BCUT2D eigenvalue weighted by molar-refractivity contribution is 5.53. The molecule has 2 atom stereocenters. The third-order valence-corrected chi connectivity index (χ3v) is 5.64. The molecule has 0 saturated carbocycles. The van der Waals surface area contributed by atoms with Crippen LogP contribution < -0.4 is 4.90 Å². The van der Waals surface area contributed by atoms with Crippen molar-refractivity contribution in [2.45, 2.75) is 38.6 Å². The molecule has 29 heavy (non-hydrogen) atoms. The number of nitrogens with zero attached hydrogens (tertiary/aromatic N) is 1. The van der Waals surface area contributed by atoms with Crippen molar-refractivity contribution in [3.63, 3.8) is 0 Å². The van der Waals surface area contributed by atoms with Gasteiger partial charge in [-0.05, 0) is 74.6 Å². The van der Waals surface area contributed by atoms with E-state index >= 15 is 0 Å². The number of anilines is 1. The van der Waals surface area contributed by atoms with Gasteiger partial charge in [0.2, 0.25) is 0 Å². The topological polar surface area (TPSA) is 3.24 Å². The van der Waals surface area contributed by atoms with E-state index in [1.165, 1.54) is 35.4 Å². The van der Waals surface area contributed by atoms with Crippen molar-refractivity contribution in [2.75, 3.05) is 11.4 Å². The van der Waals surface area contributed by atoms with Gasteiger partial charge in [-0.25, -0.2) is 8.78 Å². The van der Waals surface area contributed by atoms with Crippen molar-refractivity contribution in [2.24, 2.45) is 5.92 Å². The van der Waals surface area contributed by atoms with Gasteiger partial charge < -0.3 is 4.90 Å². The lowest BCUT2D eigenvalue weighted by Gasteiger charge is -2.51. The van der Waals surface area contributed by atoms with E-state index in [-0.39, 0.29) is 11.6 Å². The smallest absolute Gasteiger partial charge is 0.123 e. The maximum absolute atomic E-state index is 13.3. The molecule has 0 amide bonds. The Balaban J connectivity index is 1.65. The SMILES string of the molecule is C=C/C=C\C/C=C(\C)C1[C@@H](CCCc2ccc(F)cc2)CN1c1ccc(F)cc1. The molecule has 2 aromatic rings. The first-order valence-electron chi connectivity index (χ1n) is 10.3. The molecule has 1 nitrogen and oxygen atoms in total. The first kappa shape index (κ1) is 21.0. The highest BCUT2D eigenvalue weighted by Gasteiger charge is 2.39. The number of benzene rings is 2. The number of halogens is 2. The summed E-state index contributed by atoms with van der Waals surface area (Å²) < 4.78 is 26.4. The zero-order chi connectivity index (χ0) is 20.6. The van der Waals surface area contributed by atoms with Crippen molar-refractivity contribution in [1.82, 2.24) is 0 Å². The van der Waals surface area contributed by atoms with Crippen molar-refractivity contribution in [3.05, 3.63) is 102 Å². The molecule has 0 bridgehead atoms. The maximum atomic E-state index is 13.3. The predicted molar refractivity (Wildman–Crippen MR) is 118 cm³/mol. The predicted octanol–water partition coefficient (Wildman–Crippen LogP) is 6.87. The highest BCUT2D eigenvalue weighted by Crippen LogP contribution is 2.38. The van der Waals surface area contributed by atoms with Gasteiger partial charge in [0, 0.05) is 18.2 Å². The van der Waals surface area contributed by atoms with Crippen LogP contribution >= 0.6 is 0 Å². The fourth-order valence-corrected chi connectivity index (χ4v) is 4.12. The van der Waals surface area contributed by atoms with Crippen molar-refractivity contribution >= 4 is 5.69 Å². The normalized spacial score (nSPS) is 19.4. The van der Waals surface area contributed by atoms with Crippen molar-refractivity contribution < 1.29 is 8.78 Å². The fraction of sp³-hybridized carbons (Fsp3) is 0.308. The quantitative estimate of drug-likeness (QED) is 0.332. The van der Waals surface area contributed by atoms with Crippen LogP contribution in [-0.2, 0) is 6.42 Å². The monoisotopic (exact) mass is 393 g/mol. The van der Waals surface area contributed by atoms with Crippen molar-refractivity contribution in [3.8, 4) is 0 Å². The standard InChI is InChI=1S/C26H29F2N/c1-3-4-5-6-8-20(2)26-22(10-7-9-21-11-13-23(27)14-12-21)19-29(26)25-17-15-24(28)16-18-25/h3-5,8,11-18,22,26H,1,6-7,9-10,19H2,2H3/b5-4-,20-8+/t22-,26?/m0/s1. The second kappa shape index (κ2) is 10.2. The van der Waals surface area contributed by atoms with Gasteiger partial charge in [0.05, 0.1) is 6.04 Å². The zero-order valence-electron chi connectivity index (χ0n) is 17.0. The Morgan fingerprint density at radius 2 is 1.72 bits per heavy atom. The molecule has 1 heterocycles. The largest absolute Gasteiger partial charge is 0.364 e. The van der Waals surface area contributed by atoms with Crippen LogP contribution in [0.2, 0.25) is 0 Å². The van der Waals surface area contributed by atoms with Gasteiger partial charge in [-0.15, -0.1) is 0 Å². The van der Waals surface area contributed by atoms with Crippen LogP contribution in [0.1, 0.15) is 31.7 Å². The molecule has 2 aromatic carbocycles. The van der Waals surface area contributed by atoms with E-state index in [1.807, 2.05) is 30.3 Å². The minimum Gasteiger partial charge on any atom is -0.364 e. The molecular weight excluding hydrogens is 364 g/mol. The maximum Gasteiger partial charge on any atom is 0.123 e. The molecule has 1 unspecified atom stereocenters. The number of aryl methyl sites for hydroxylation is 1. The van der Waals surface area contributed by atoms with Crippen LogP contribution in [0.5, 0.6) is 0 Å². The molecule has 0 aromatic heterocycles. The Hall–Kier alpha value is -2.68. The summed E-state index contributed by atoms with van der Waals surface area (Å²) in [7, 11) is 0. The van der Waals surface area contributed by atoms with Crippen LogP contribution in [0.4, 0.5) is 14.5 Å². The van der Waals surface area contributed by atoms with Gasteiger partial charge in [0.25, 0.3) is 0 Å². The molecule has 0 radical (unpaired) electrons. The Kier molecular flexibility index (Phi) is 7.40. The Labute approximate surface area is 173 Å². The third-order valence-electron chi connectivity index (χ3n) is 5.64. The number of allylic oxidation sites excluding steroid dienone is 4. The average Bonchev–Trinajstić information content (AvgIpc) is 2.70. The van der Waals surface area contributed by atoms with Gasteiger partial charge in [-0.3, -0.25) is 0 Å². The molecule has 1 aliphatic heterocycles. The summed E-state index contributed by atoms with van der Waals surface area (Å²) in [6.45, 7) is 6.88. The van der Waals surface area contributed by atoms with Crippen LogP contribution in [0.3, 0.4) is 0 Å².